The van der Waals surface area contributed by atoms with Crippen LogP contribution in [-0.2, 0) is 16.0 Å². The number of carbonyl (C=O) groups is 1. The molecular formula is C28H30N8O3. The summed E-state index contributed by atoms with van der Waals surface area (Å²) in [4.78, 5) is 16.9. The number of fused-ring (bicyclic) bond motifs is 2. The molecule has 1 fully saturated rings. The largest absolute Gasteiger partial charge is 0.448 e. The lowest BCUT2D eigenvalue weighted by Crippen LogP contribution is -2.44. The van der Waals surface area contributed by atoms with E-state index in [-0.39, 0.29) is 12.6 Å². The first-order valence-corrected chi connectivity index (χ1v) is 12.9. The Kier molecular flexibility index (Phi) is 6.82. The first-order valence-electron chi connectivity index (χ1n) is 12.9. The standard InChI is InChI=1S/C28H30N8O3/c1-18-4-3-5-20(10-18)13-35-25-7-6-22(11-21(25)12-31-35)33-27-26-19(2)24(14-36(26)32-17-30-27)34-28(37)39-16-23-15-38-9-8-29-23/h3-7,10-12,14,17,23,29H,8-9,13,15-16H2,1-2H3,(H,34,37)(H,30,32,33)/t23-/m0/s1. The number of anilines is 3. The van der Waals surface area contributed by atoms with Gasteiger partial charge in [0.25, 0.3) is 0 Å². The minimum absolute atomic E-state index is 0.00708. The molecule has 5 aromatic rings. The maximum atomic E-state index is 12.4. The van der Waals surface area contributed by atoms with Gasteiger partial charge in [-0.05, 0) is 37.6 Å². The number of hydrogen-bond donors (Lipinski definition) is 3. The van der Waals surface area contributed by atoms with Crippen molar-refractivity contribution in [3.8, 4) is 0 Å². The van der Waals surface area contributed by atoms with Gasteiger partial charge in [0.15, 0.2) is 5.82 Å². The summed E-state index contributed by atoms with van der Waals surface area (Å²) < 4.78 is 14.5. The fourth-order valence-electron chi connectivity index (χ4n) is 4.84. The number of nitrogens with one attached hydrogen (secondary N) is 3. The number of rotatable bonds is 7. The Morgan fingerprint density at radius 3 is 2.97 bits per heavy atom. The van der Waals surface area contributed by atoms with E-state index < -0.39 is 6.09 Å². The summed E-state index contributed by atoms with van der Waals surface area (Å²) in [6, 6.07) is 14.6. The number of carbonyl (C=O) groups excluding carboxylic acids is 1. The summed E-state index contributed by atoms with van der Waals surface area (Å²) in [7, 11) is 0. The van der Waals surface area contributed by atoms with E-state index in [2.05, 4.69) is 68.4 Å². The van der Waals surface area contributed by atoms with E-state index in [1.54, 1.807) is 10.7 Å². The van der Waals surface area contributed by atoms with Crippen molar-refractivity contribution in [3.63, 3.8) is 0 Å². The summed E-state index contributed by atoms with van der Waals surface area (Å²) >= 11 is 0. The average Bonchev–Trinajstić information content (AvgIpc) is 3.48. The van der Waals surface area contributed by atoms with E-state index in [4.69, 9.17) is 9.47 Å². The molecule has 2 aromatic carbocycles. The van der Waals surface area contributed by atoms with E-state index in [0.717, 1.165) is 34.2 Å². The summed E-state index contributed by atoms with van der Waals surface area (Å²) in [5, 5.41) is 19.4. The molecule has 39 heavy (non-hydrogen) atoms. The van der Waals surface area contributed by atoms with E-state index in [9.17, 15) is 4.79 Å². The molecule has 1 saturated heterocycles. The first-order chi connectivity index (χ1) is 19.0. The van der Waals surface area contributed by atoms with Gasteiger partial charge in [-0.25, -0.2) is 14.3 Å². The Hall–Kier alpha value is -4.48. The summed E-state index contributed by atoms with van der Waals surface area (Å²) in [5.41, 5.74) is 6.54. The van der Waals surface area contributed by atoms with Gasteiger partial charge in [-0.2, -0.15) is 10.2 Å². The lowest BCUT2D eigenvalue weighted by molar-refractivity contribution is 0.0494. The van der Waals surface area contributed by atoms with Crippen LogP contribution < -0.4 is 16.0 Å². The zero-order chi connectivity index (χ0) is 26.8. The SMILES string of the molecule is Cc1cccc(Cn2ncc3cc(Nc4ncnn5cc(NC(=O)OC[C@@H]6COCCN6)c(C)c45)ccc32)c1. The van der Waals surface area contributed by atoms with Gasteiger partial charge in [0.2, 0.25) is 0 Å². The monoisotopic (exact) mass is 526 g/mol. The number of morpholine rings is 1. The Morgan fingerprint density at radius 2 is 2.13 bits per heavy atom. The van der Waals surface area contributed by atoms with E-state index in [1.165, 1.54) is 17.5 Å². The van der Waals surface area contributed by atoms with Crippen LogP contribution in [0.1, 0.15) is 16.7 Å². The molecule has 6 rings (SSSR count). The molecule has 1 amide bonds. The van der Waals surface area contributed by atoms with Crippen molar-refractivity contribution in [1.29, 1.82) is 0 Å². The molecule has 11 nitrogen and oxygen atoms in total. The molecule has 3 aromatic heterocycles. The van der Waals surface area contributed by atoms with Gasteiger partial charge in [0.1, 0.15) is 18.5 Å². The lowest BCUT2D eigenvalue weighted by atomic mass is 10.1. The fraction of sp³-hybridized carbons (Fsp3) is 0.286. The van der Waals surface area contributed by atoms with Crippen LogP contribution in [0.3, 0.4) is 0 Å². The van der Waals surface area contributed by atoms with E-state index in [0.29, 0.717) is 31.3 Å². The Balaban J connectivity index is 1.18. The van der Waals surface area contributed by atoms with Gasteiger partial charge in [0, 0.05) is 23.2 Å². The van der Waals surface area contributed by atoms with Gasteiger partial charge in [-0.15, -0.1) is 0 Å². The molecule has 0 unspecified atom stereocenters. The highest BCUT2D eigenvalue weighted by Crippen LogP contribution is 2.29. The molecule has 1 atom stereocenters. The van der Waals surface area contributed by atoms with Crippen molar-refractivity contribution in [2.24, 2.45) is 0 Å². The van der Waals surface area contributed by atoms with Crippen molar-refractivity contribution in [1.82, 2.24) is 29.7 Å². The number of hydrogen-bond acceptors (Lipinski definition) is 8. The number of ether oxygens (including phenoxy) is 2. The van der Waals surface area contributed by atoms with Crippen LogP contribution in [0.25, 0.3) is 16.4 Å². The maximum Gasteiger partial charge on any atom is 0.411 e. The highest BCUT2D eigenvalue weighted by molar-refractivity contribution is 5.91. The molecule has 3 N–H and O–H groups in total. The van der Waals surface area contributed by atoms with Gasteiger partial charge < -0.3 is 20.1 Å². The predicted molar refractivity (Wildman–Crippen MR) is 149 cm³/mol. The molecular weight excluding hydrogens is 496 g/mol. The second kappa shape index (κ2) is 10.7. The zero-order valence-electron chi connectivity index (χ0n) is 21.8. The van der Waals surface area contributed by atoms with E-state index in [1.807, 2.05) is 29.9 Å². The third kappa shape index (κ3) is 5.40. The summed E-state index contributed by atoms with van der Waals surface area (Å²) in [6.45, 7) is 6.88. The van der Waals surface area contributed by atoms with Crippen LogP contribution in [0, 0.1) is 13.8 Å². The molecule has 0 spiro atoms. The molecule has 0 saturated carbocycles. The molecule has 1 aliphatic heterocycles. The molecule has 0 radical (unpaired) electrons. The first kappa shape index (κ1) is 24.8. The van der Waals surface area contributed by atoms with Crippen molar-refractivity contribution >= 4 is 39.7 Å². The van der Waals surface area contributed by atoms with Crippen molar-refractivity contribution in [2.45, 2.75) is 26.4 Å². The minimum atomic E-state index is -0.531. The van der Waals surface area contributed by atoms with Crippen LogP contribution in [0.4, 0.5) is 22.0 Å². The molecule has 1 aliphatic rings. The van der Waals surface area contributed by atoms with Gasteiger partial charge >= 0.3 is 6.09 Å². The number of amides is 1. The Morgan fingerprint density at radius 1 is 1.21 bits per heavy atom. The average molecular weight is 527 g/mol. The second-order valence-electron chi connectivity index (χ2n) is 9.71. The predicted octanol–water partition coefficient (Wildman–Crippen LogP) is 4.02. The van der Waals surface area contributed by atoms with Crippen molar-refractivity contribution < 1.29 is 14.3 Å². The fourth-order valence-corrected chi connectivity index (χ4v) is 4.84. The molecule has 200 valence electrons. The van der Waals surface area contributed by atoms with E-state index >= 15 is 0 Å². The number of aryl methyl sites for hydroxylation is 2. The normalized spacial score (nSPS) is 15.5. The van der Waals surface area contributed by atoms with Gasteiger partial charge in [0.05, 0.1) is 49.4 Å². The third-order valence-electron chi connectivity index (χ3n) is 6.80. The number of benzene rings is 2. The summed E-state index contributed by atoms with van der Waals surface area (Å²) in [6.07, 6.45) is 4.57. The quantitative estimate of drug-likeness (QED) is 0.291. The lowest BCUT2D eigenvalue weighted by Gasteiger charge is -2.23. The maximum absolute atomic E-state index is 12.4. The smallest absolute Gasteiger partial charge is 0.411 e. The van der Waals surface area contributed by atoms with Crippen molar-refractivity contribution in [3.05, 3.63) is 77.9 Å². The van der Waals surface area contributed by atoms with Crippen LogP contribution in [0.5, 0.6) is 0 Å². The Bertz CT molecular complexity index is 1640. The third-order valence-corrected chi connectivity index (χ3v) is 6.80. The Labute approximate surface area is 225 Å². The van der Waals surface area contributed by atoms with Crippen LogP contribution >= 0.6 is 0 Å². The van der Waals surface area contributed by atoms with Crippen LogP contribution in [0.2, 0.25) is 0 Å². The zero-order valence-corrected chi connectivity index (χ0v) is 21.8. The topological polar surface area (TPSA) is 120 Å². The number of aromatic nitrogens is 5. The van der Waals surface area contributed by atoms with Crippen LogP contribution in [-0.4, -0.2) is 62.9 Å². The van der Waals surface area contributed by atoms with Crippen LogP contribution in [0.15, 0.2) is 61.2 Å². The molecule has 4 heterocycles. The highest BCUT2D eigenvalue weighted by atomic mass is 16.6. The number of nitrogens with zero attached hydrogens (tertiary/aromatic N) is 5. The van der Waals surface area contributed by atoms with Gasteiger partial charge in [-0.1, -0.05) is 29.8 Å². The minimum Gasteiger partial charge on any atom is -0.448 e. The summed E-state index contributed by atoms with van der Waals surface area (Å²) in [5.74, 6) is 0.624. The highest BCUT2D eigenvalue weighted by Gasteiger charge is 2.18. The second-order valence-corrected chi connectivity index (χ2v) is 9.71. The van der Waals surface area contributed by atoms with Crippen molar-refractivity contribution in [2.75, 3.05) is 37.0 Å². The molecule has 0 aliphatic carbocycles. The van der Waals surface area contributed by atoms with Gasteiger partial charge in [-0.3, -0.25) is 10.00 Å². The molecule has 11 heteroatoms. The molecule has 0 bridgehead atoms.